The Balaban J connectivity index is 2.21. The highest BCUT2D eigenvalue weighted by Gasteiger charge is 2.24. The Morgan fingerprint density at radius 1 is 1.46 bits per heavy atom. The molecular weight excluding hydrogens is 311 g/mol. The zero-order valence-corrected chi connectivity index (χ0v) is 14.6. The van der Waals surface area contributed by atoms with Crippen molar-refractivity contribution < 1.29 is 19.0 Å². The highest BCUT2D eigenvalue weighted by Crippen LogP contribution is 2.29. The monoisotopic (exact) mass is 336 g/mol. The van der Waals surface area contributed by atoms with Gasteiger partial charge in [-0.25, -0.2) is 9.82 Å². The van der Waals surface area contributed by atoms with E-state index in [2.05, 4.69) is 10.5 Å². The molecule has 0 bridgehead atoms. The molecule has 0 saturated heterocycles. The third-order valence-corrected chi connectivity index (χ3v) is 4.18. The van der Waals surface area contributed by atoms with Crippen LogP contribution in [0.5, 0.6) is 5.75 Å². The fourth-order valence-electron chi connectivity index (χ4n) is 2.71. The van der Waals surface area contributed by atoms with Gasteiger partial charge in [-0.15, -0.1) is 0 Å². The number of nitrogens with one attached hydrogen (secondary N) is 1. The number of aliphatic hydroxyl groups is 1. The van der Waals surface area contributed by atoms with Crippen LogP contribution in [0.1, 0.15) is 44.7 Å². The Kier molecular flexibility index (Phi) is 5.59. The summed E-state index contributed by atoms with van der Waals surface area (Å²) in [6.07, 6.45) is 0.923. The molecule has 24 heavy (non-hydrogen) atoms. The van der Waals surface area contributed by atoms with E-state index >= 15 is 0 Å². The topological polar surface area (TPSA) is 70.9 Å². The van der Waals surface area contributed by atoms with Crippen LogP contribution in [0.3, 0.4) is 0 Å². The van der Waals surface area contributed by atoms with Crippen molar-refractivity contribution in [3.05, 3.63) is 29.1 Å². The number of halogens is 1. The maximum atomic E-state index is 14.5. The second-order valence-corrected chi connectivity index (χ2v) is 7.17. The predicted octanol–water partition coefficient (Wildman–Crippen LogP) is 2.78. The molecule has 1 atom stereocenters. The van der Waals surface area contributed by atoms with E-state index in [0.29, 0.717) is 36.3 Å². The molecule has 1 aliphatic heterocycles. The van der Waals surface area contributed by atoms with Crippen molar-refractivity contribution in [3.63, 3.8) is 0 Å². The SMILES string of the molecule is Cc1cc(C2=NNC(=O)CC2C)cc(F)c1OCC(C)(C)CCO. The average Bonchev–Trinajstić information content (AvgIpc) is 2.45. The molecule has 6 heteroatoms. The van der Waals surface area contributed by atoms with Gasteiger partial charge < -0.3 is 9.84 Å². The number of aryl methyl sites for hydroxylation is 1. The van der Waals surface area contributed by atoms with Gasteiger partial charge in [0.1, 0.15) is 0 Å². The second kappa shape index (κ2) is 7.30. The van der Waals surface area contributed by atoms with Gasteiger partial charge in [0.25, 0.3) is 0 Å². The first-order chi connectivity index (χ1) is 11.2. The quantitative estimate of drug-likeness (QED) is 0.839. The van der Waals surface area contributed by atoms with Crippen LogP contribution in [0.15, 0.2) is 17.2 Å². The summed E-state index contributed by atoms with van der Waals surface area (Å²) >= 11 is 0. The van der Waals surface area contributed by atoms with Crippen molar-refractivity contribution in [2.75, 3.05) is 13.2 Å². The standard InChI is InChI=1S/C18H25FN2O3/c1-11-8-15(23)20-21-16(11)13-7-12(2)17(14(19)9-13)24-10-18(3,4)5-6-22/h7,9,11,22H,5-6,8,10H2,1-4H3,(H,20,23). The zero-order valence-electron chi connectivity index (χ0n) is 14.6. The molecule has 0 spiro atoms. The lowest BCUT2D eigenvalue weighted by Gasteiger charge is -2.25. The first-order valence-corrected chi connectivity index (χ1v) is 8.14. The van der Waals surface area contributed by atoms with Crippen LogP contribution in [0, 0.1) is 24.1 Å². The number of nitrogens with zero attached hydrogens (tertiary/aromatic N) is 1. The van der Waals surface area contributed by atoms with E-state index in [-0.39, 0.29) is 29.6 Å². The minimum absolute atomic E-state index is 0.0622. The lowest BCUT2D eigenvalue weighted by molar-refractivity contribution is -0.121. The number of benzene rings is 1. The normalized spacial score (nSPS) is 18.2. The first-order valence-electron chi connectivity index (χ1n) is 8.14. The first kappa shape index (κ1) is 18.4. The highest BCUT2D eigenvalue weighted by molar-refractivity contribution is 6.05. The number of aliphatic hydroxyl groups excluding tert-OH is 1. The maximum absolute atomic E-state index is 14.5. The van der Waals surface area contributed by atoms with Crippen LogP contribution in [0.25, 0.3) is 0 Å². The molecule has 1 aromatic carbocycles. The van der Waals surface area contributed by atoms with Crippen LogP contribution in [-0.2, 0) is 4.79 Å². The Labute approximate surface area is 141 Å². The molecule has 2 N–H and O–H groups in total. The van der Waals surface area contributed by atoms with Gasteiger partial charge in [-0.05, 0) is 31.0 Å². The minimum atomic E-state index is -0.448. The average molecular weight is 336 g/mol. The van der Waals surface area contributed by atoms with Gasteiger partial charge >= 0.3 is 0 Å². The second-order valence-electron chi connectivity index (χ2n) is 7.17. The number of hydrogen-bond acceptors (Lipinski definition) is 4. The summed E-state index contributed by atoms with van der Waals surface area (Å²) in [5, 5.41) is 13.1. The Morgan fingerprint density at radius 2 is 2.17 bits per heavy atom. The number of hydrazone groups is 1. The van der Waals surface area contributed by atoms with Gasteiger partial charge in [-0.3, -0.25) is 4.79 Å². The van der Waals surface area contributed by atoms with Gasteiger partial charge in [0.15, 0.2) is 11.6 Å². The van der Waals surface area contributed by atoms with Crippen molar-refractivity contribution in [2.24, 2.45) is 16.4 Å². The number of rotatable bonds is 6. The molecule has 1 amide bonds. The summed E-state index contributed by atoms with van der Waals surface area (Å²) in [4.78, 5) is 11.3. The van der Waals surface area contributed by atoms with Gasteiger partial charge in [-0.1, -0.05) is 20.8 Å². The zero-order chi connectivity index (χ0) is 17.9. The van der Waals surface area contributed by atoms with Gasteiger partial charge in [0.05, 0.1) is 12.3 Å². The summed E-state index contributed by atoms with van der Waals surface area (Å²) < 4.78 is 20.2. The van der Waals surface area contributed by atoms with Gasteiger partial charge in [0, 0.05) is 29.9 Å². The third kappa shape index (κ3) is 4.32. The van der Waals surface area contributed by atoms with Crippen LogP contribution >= 0.6 is 0 Å². The molecule has 1 aromatic rings. The van der Waals surface area contributed by atoms with E-state index < -0.39 is 5.82 Å². The molecule has 0 radical (unpaired) electrons. The van der Waals surface area contributed by atoms with Crippen molar-refractivity contribution in [1.29, 1.82) is 0 Å². The van der Waals surface area contributed by atoms with Crippen LogP contribution in [-0.4, -0.2) is 29.9 Å². The van der Waals surface area contributed by atoms with Gasteiger partial charge in [-0.2, -0.15) is 5.10 Å². The van der Waals surface area contributed by atoms with E-state index in [1.54, 1.807) is 6.92 Å². The van der Waals surface area contributed by atoms with E-state index in [1.807, 2.05) is 26.8 Å². The molecule has 0 saturated carbocycles. The third-order valence-electron chi connectivity index (χ3n) is 4.18. The highest BCUT2D eigenvalue weighted by atomic mass is 19.1. The Bertz CT molecular complexity index is 633. The van der Waals surface area contributed by atoms with Crippen molar-refractivity contribution in [2.45, 2.75) is 40.5 Å². The molecular formula is C18H25FN2O3. The number of hydrogen-bond donors (Lipinski definition) is 2. The van der Waals surface area contributed by atoms with Crippen LogP contribution in [0.4, 0.5) is 4.39 Å². The molecule has 2 rings (SSSR count). The smallest absolute Gasteiger partial charge is 0.240 e. The van der Waals surface area contributed by atoms with Crippen molar-refractivity contribution in [1.82, 2.24) is 5.43 Å². The molecule has 5 nitrogen and oxygen atoms in total. The summed E-state index contributed by atoms with van der Waals surface area (Å²) in [6.45, 7) is 8.00. The van der Waals surface area contributed by atoms with Crippen LogP contribution in [0.2, 0.25) is 0 Å². The molecule has 1 unspecified atom stereocenters. The van der Waals surface area contributed by atoms with E-state index in [4.69, 9.17) is 9.84 Å². The molecule has 0 aliphatic carbocycles. The van der Waals surface area contributed by atoms with Crippen molar-refractivity contribution in [3.8, 4) is 5.75 Å². The molecule has 1 heterocycles. The number of carbonyl (C=O) groups is 1. The van der Waals surface area contributed by atoms with Crippen molar-refractivity contribution >= 4 is 11.6 Å². The van der Waals surface area contributed by atoms with E-state index in [0.717, 1.165) is 0 Å². The van der Waals surface area contributed by atoms with Crippen LogP contribution < -0.4 is 10.2 Å². The van der Waals surface area contributed by atoms with Gasteiger partial charge in [0.2, 0.25) is 5.91 Å². The Hall–Kier alpha value is -1.95. The number of amides is 1. The molecule has 1 aliphatic rings. The predicted molar refractivity (Wildman–Crippen MR) is 90.6 cm³/mol. The molecule has 0 aromatic heterocycles. The van der Waals surface area contributed by atoms with E-state index in [9.17, 15) is 9.18 Å². The fourth-order valence-corrected chi connectivity index (χ4v) is 2.71. The largest absolute Gasteiger partial charge is 0.490 e. The molecule has 0 fully saturated rings. The van der Waals surface area contributed by atoms with E-state index in [1.165, 1.54) is 6.07 Å². The lowest BCUT2D eigenvalue weighted by atomic mass is 9.91. The fraction of sp³-hybridized carbons (Fsp3) is 0.556. The lowest BCUT2D eigenvalue weighted by Crippen LogP contribution is -2.32. The summed E-state index contributed by atoms with van der Waals surface area (Å²) in [5.74, 6) is -0.420. The molecule has 132 valence electrons. The summed E-state index contributed by atoms with van der Waals surface area (Å²) in [7, 11) is 0. The number of ether oxygens (including phenoxy) is 1. The summed E-state index contributed by atoms with van der Waals surface area (Å²) in [5.41, 5.74) is 4.21. The minimum Gasteiger partial charge on any atom is -0.490 e. The summed E-state index contributed by atoms with van der Waals surface area (Å²) in [6, 6.07) is 3.22. The number of carbonyl (C=O) groups excluding carboxylic acids is 1. The maximum Gasteiger partial charge on any atom is 0.240 e. The Morgan fingerprint density at radius 3 is 2.75 bits per heavy atom.